The molecule has 1 rings (SSSR count). The summed E-state index contributed by atoms with van der Waals surface area (Å²) in [4.78, 5) is 17.2. The van der Waals surface area contributed by atoms with Crippen LogP contribution in [-0.2, 0) is 16.1 Å². The standard InChI is InChI=1S/C13H18ClNO2/c1-4-10-8-6-7-9-12(10)15(17-3)13(16)11(14)5-2/h6-9,11H,4-5H2,1-3H3. The fourth-order valence-corrected chi connectivity index (χ4v) is 1.71. The lowest BCUT2D eigenvalue weighted by Gasteiger charge is -2.23. The Morgan fingerprint density at radius 1 is 1.41 bits per heavy atom. The predicted molar refractivity (Wildman–Crippen MR) is 70.2 cm³/mol. The number of amides is 1. The highest BCUT2D eigenvalue weighted by Gasteiger charge is 2.23. The molecule has 4 heteroatoms. The summed E-state index contributed by atoms with van der Waals surface area (Å²) >= 11 is 5.96. The van der Waals surface area contributed by atoms with Gasteiger partial charge in [-0.05, 0) is 24.5 Å². The number of hydrogen-bond donors (Lipinski definition) is 0. The number of benzene rings is 1. The molecule has 0 fully saturated rings. The Kier molecular flexibility index (Phi) is 5.45. The lowest BCUT2D eigenvalue weighted by Crippen LogP contribution is -2.36. The summed E-state index contributed by atoms with van der Waals surface area (Å²) < 4.78 is 0. The van der Waals surface area contributed by atoms with Crippen LogP contribution < -0.4 is 5.06 Å². The molecular weight excluding hydrogens is 238 g/mol. The van der Waals surface area contributed by atoms with Crippen molar-refractivity contribution >= 4 is 23.2 Å². The number of rotatable bonds is 5. The first kappa shape index (κ1) is 14.0. The molecule has 1 amide bonds. The third-order valence-corrected chi connectivity index (χ3v) is 3.10. The van der Waals surface area contributed by atoms with Gasteiger partial charge in [0.05, 0.1) is 12.8 Å². The van der Waals surface area contributed by atoms with Crippen molar-refractivity contribution < 1.29 is 9.63 Å². The summed E-state index contributed by atoms with van der Waals surface area (Å²) in [5, 5.41) is 0.722. The molecule has 1 aromatic rings. The number of para-hydroxylation sites is 1. The average Bonchev–Trinajstić information content (AvgIpc) is 2.39. The summed E-state index contributed by atoms with van der Waals surface area (Å²) in [5.74, 6) is -0.224. The number of hydroxylamine groups is 1. The first-order chi connectivity index (χ1) is 8.15. The Morgan fingerprint density at radius 2 is 2.06 bits per heavy atom. The van der Waals surface area contributed by atoms with Crippen molar-refractivity contribution in [3.63, 3.8) is 0 Å². The van der Waals surface area contributed by atoms with E-state index in [2.05, 4.69) is 0 Å². The summed E-state index contributed by atoms with van der Waals surface area (Å²) in [7, 11) is 1.48. The van der Waals surface area contributed by atoms with Crippen LogP contribution in [0.3, 0.4) is 0 Å². The van der Waals surface area contributed by atoms with Crippen molar-refractivity contribution in [3.8, 4) is 0 Å². The number of hydrogen-bond acceptors (Lipinski definition) is 2. The molecule has 0 N–H and O–H groups in total. The topological polar surface area (TPSA) is 29.5 Å². The van der Waals surface area contributed by atoms with Crippen LogP contribution >= 0.6 is 11.6 Å². The number of anilines is 1. The maximum atomic E-state index is 12.0. The molecule has 3 nitrogen and oxygen atoms in total. The molecule has 0 aromatic heterocycles. The van der Waals surface area contributed by atoms with E-state index in [1.54, 1.807) is 0 Å². The minimum Gasteiger partial charge on any atom is -0.270 e. The second kappa shape index (κ2) is 6.62. The van der Waals surface area contributed by atoms with E-state index in [-0.39, 0.29) is 5.91 Å². The maximum Gasteiger partial charge on any atom is 0.268 e. The Balaban J connectivity index is 3.05. The van der Waals surface area contributed by atoms with Gasteiger partial charge in [0.1, 0.15) is 5.38 Å². The molecular formula is C13H18ClNO2. The molecule has 0 heterocycles. The first-order valence-corrected chi connectivity index (χ1v) is 6.19. The van der Waals surface area contributed by atoms with Crippen molar-refractivity contribution in [2.24, 2.45) is 0 Å². The van der Waals surface area contributed by atoms with Gasteiger partial charge in [0.25, 0.3) is 5.91 Å². The SMILES string of the molecule is CCc1ccccc1N(OC)C(=O)C(Cl)CC. The number of alkyl halides is 1. The lowest BCUT2D eigenvalue weighted by atomic mass is 10.1. The van der Waals surface area contributed by atoms with Crippen LogP contribution in [0.4, 0.5) is 5.69 Å². The largest absolute Gasteiger partial charge is 0.270 e. The fraction of sp³-hybridized carbons (Fsp3) is 0.462. The maximum absolute atomic E-state index is 12.0. The zero-order valence-electron chi connectivity index (χ0n) is 10.4. The van der Waals surface area contributed by atoms with Crippen LogP contribution in [-0.4, -0.2) is 18.4 Å². The number of halogens is 1. The summed E-state index contributed by atoms with van der Waals surface area (Å²) in [6.45, 7) is 3.91. The molecule has 94 valence electrons. The molecule has 0 saturated heterocycles. The number of carbonyl (C=O) groups excluding carboxylic acids is 1. The molecule has 1 aromatic carbocycles. The van der Waals surface area contributed by atoms with Gasteiger partial charge in [0, 0.05) is 0 Å². The molecule has 0 spiro atoms. The molecule has 0 radical (unpaired) electrons. The van der Waals surface area contributed by atoms with Gasteiger partial charge in [-0.3, -0.25) is 9.63 Å². The van der Waals surface area contributed by atoms with Crippen LogP contribution in [0.5, 0.6) is 0 Å². The van der Waals surface area contributed by atoms with Crippen molar-refractivity contribution in [1.82, 2.24) is 0 Å². The van der Waals surface area contributed by atoms with Gasteiger partial charge >= 0.3 is 0 Å². The van der Waals surface area contributed by atoms with Crippen molar-refractivity contribution in [1.29, 1.82) is 0 Å². The van der Waals surface area contributed by atoms with Crippen LogP contribution in [0.25, 0.3) is 0 Å². The van der Waals surface area contributed by atoms with E-state index in [0.29, 0.717) is 6.42 Å². The fourth-order valence-electron chi connectivity index (χ4n) is 1.62. The van der Waals surface area contributed by atoms with Gasteiger partial charge in [-0.2, -0.15) is 5.06 Å². The van der Waals surface area contributed by atoms with Crippen LogP contribution in [0, 0.1) is 0 Å². The quantitative estimate of drug-likeness (QED) is 0.598. The van der Waals surface area contributed by atoms with Crippen LogP contribution in [0.15, 0.2) is 24.3 Å². The second-order valence-corrected chi connectivity index (χ2v) is 4.20. The Labute approximate surface area is 107 Å². The molecule has 0 bridgehead atoms. The molecule has 0 saturated carbocycles. The zero-order chi connectivity index (χ0) is 12.8. The van der Waals surface area contributed by atoms with Gasteiger partial charge < -0.3 is 0 Å². The average molecular weight is 256 g/mol. The van der Waals surface area contributed by atoms with E-state index >= 15 is 0 Å². The van der Waals surface area contributed by atoms with Crippen LogP contribution in [0.2, 0.25) is 0 Å². The van der Waals surface area contributed by atoms with E-state index in [4.69, 9.17) is 16.4 Å². The van der Waals surface area contributed by atoms with Crippen molar-refractivity contribution in [2.45, 2.75) is 32.1 Å². The highest BCUT2D eigenvalue weighted by molar-refractivity contribution is 6.32. The third-order valence-electron chi connectivity index (χ3n) is 2.60. The summed E-state index contributed by atoms with van der Waals surface area (Å²) in [6, 6.07) is 7.66. The predicted octanol–water partition coefficient (Wildman–Crippen LogP) is 3.16. The normalized spacial score (nSPS) is 12.2. The molecule has 1 atom stereocenters. The van der Waals surface area contributed by atoms with Gasteiger partial charge in [-0.1, -0.05) is 32.0 Å². The molecule has 1 unspecified atom stereocenters. The van der Waals surface area contributed by atoms with E-state index in [1.165, 1.54) is 12.2 Å². The molecule has 0 aliphatic carbocycles. The Hall–Kier alpha value is -1.06. The van der Waals surface area contributed by atoms with Crippen LogP contribution in [0.1, 0.15) is 25.8 Å². The van der Waals surface area contributed by atoms with E-state index in [0.717, 1.165) is 17.7 Å². The number of carbonyl (C=O) groups is 1. The summed E-state index contributed by atoms with van der Waals surface area (Å²) in [6.07, 6.45) is 1.41. The van der Waals surface area contributed by atoms with Crippen molar-refractivity contribution in [2.75, 3.05) is 12.2 Å². The van der Waals surface area contributed by atoms with E-state index < -0.39 is 5.38 Å². The minimum atomic E-state index is -0.556. The van der Waals surface area contributed by atoms with Gasteiger partial charge in [-0.25, -0.2) is 0 Å². The van der Waals surface area contributed by atoms with Crippen molar-refractivity contribution in [3.05, 3.63) is 29.8 Å². The Bertz CT molecular complexity index is 381. The molecule has 17 heavy (non-hydrogen) atoms. The molecule has 0 aliphatic heterocycles. The minimum absolute atomic E-state index is 0.224. The number of aryl methyl sites for hydroxylation is 1. The van der Waals surface area contributed by atoms with E-state index in [1.807, 2.05) is 38.1 Å². The van der Waals surface area contributed by atoms with E-state index in [9.17, 15) is 4.79 Å². The zero-order valence-corrected chi connectivity index (χ0v) is 11.2. The van der Waals surface area contributed by atoms with Gasteiger partial charge in [0.2, 0.25) is 0 Å². The lowest BCUT2D eigenvalue weighted by molar-refractivity contribution is -0.124. The first-order valence-electron chi connectivity index (χ1n) is 5.75. The highest BCUT2D eigenvalue weighted by atomic mass is 35.5. The second-order valence-electron chi connectivity index (χ2n) is 3.67. The molecule has 0 aliphatic rings. The summed E-state index contributed by atoms with van der Waals surface area (Å²) in [5.41, 5.74) is 1.82. The highest BCUT2D eigenvalue weighted by Crippen LogP contribution is 2.23. The number of nitrogens with zero attached hydrogens (tertiary/aromatic N) is 1. The van der Waals surface area contributed by atoms with Gasteiger partial charge in [-0.15, -0.1) is 11.6 Å². The van der Waals surface area contributed by atoms with Gasteiger partial charge in [0.15, 0.2) is 0 Å². The third kappa shape index (κ3) is 3.20. The Morgan fingerprint density at radius 3 is 2.59 bits per heavy atom. The smallest absolute Gasteiger partial charge is 0.268 e. The monoisotopic (exact) mass is 255 g/mol.